The highest BCUT2D eigenvalue weighted by atomic mass is 35.5. The number of hydrogen-bond acceptors (Lipinski definition) is 4. The lowest BCUT2D eigenvalue weighted by atomic mass is 9.98. The van der Waals surface area contributed by atoms with E-state index in [9.17, 15) is 10.1 Å². The van der Waals surface area contributed by atoms with Crippen LogP contribution >= 0.6 is 11.6 Å². The maximum atomic E-state index is 12.1. The molecule has 1 aliphatic rings. The second-order valence-corrected chi connectivity index (χ2v) is 6.28. The van der Waals surface area contributed by atoms with Crippen molar-refractivity contribution in [2.24, 2.45) is 5.92 Å². The van der Waals surface area contributed by atoms with Crippen LogP contribution in [0, 0.1) is 17.2 Å². The maximum absolute atomic E-state index is 12.1. The van der Waals surface area contributed by atoms with Crippen LogP contribution in [0.25, 0.3) is 10.9 Å². The van der Waals surface area contributed by atoms with Crippen LogP contribution in [0.1, 0.15) is 19.8 Å². The van der Waals surface area contributed by atoms with Crippen LogP contribution in [0.2, 0.25) is 5.02 Å². The summed E-state index contributed by atoms with van der Waals surface area (Å²) in [7, 11) is 0. The van der Waals surface area contributed by atoms with E-state index in [1.807, 2.05) is 6.07 Å². The normalized spacial score (nSPS) is 16.4. The third-order valence-corrected chi connectivity index (χ3v) is 4.39. The van der Waals surface area contributed by atoms with Crippen LogP contribution in [0.15, 0.2) is 30.5 Å². The summed E-state index contributed by atoms with van der Waals surface area (Å²) in [5, 5.41) is 13.4. The summed E-state index contributed by atoms with van der Waals surface area (Å²) in [6.45, 7) is 1.58. The fraction of sp³-hybridized carbons (Fsp3) is 0.353. The molecule has 6 heteroatoms. The molecule has 3 rings (SSSR count). The number of benzene rings is 1. The lowest BCUT2D eigenvalue weighted by molar-refractivity contribution is -0.124. The van der Waals surface area contributed by atoms with Crippen molar-refractivity contribution in [1.29, 1.82) is 5.26 Å². The molecule has 1 aromatic carbocycles. The molecule has 0 saturated heterocycles. The van der Waals surface area contributed by atoms with Crippen molar-refractivity contribution in [1.82, 2.24) is 10.3 Å². The number of nitriles is 1. The number of carbonyl (C=O) groups excluding carboxylic acids is 1. The Labute approximate surface area is 139 Å². The summed E-state index contributed by atoms with van der Waals surface area (Å²) in [6.07, 6.45) is 3.58. The topological polar surface area (TPSA) is 75.0 Å². The van der Waals surface area contributed by atoms with Gasteiger partial charge in [0.05, 0.1) is 11.1 Å². The second-order valence-electron chi connectivity index (χ2n) is 5.87. The van der Waals surface area contributed by atoms with E-state index in [2.05, 4.69) is 16.4 Å². The zero-order valence-corrected chi connectivity index (χ0v) is 13.4. The Kier molecular flexibility index (Phi) is 4.10. The molecular formula is C17H16ClN3O2. The van der Waals surface area contributed by atoms with Crippen molar-refractivity contribution in [2.45, 2.75) is 25.3 Å². The molecule has 0 aliphatic heterocycles. The van der Waals surface area contributed by atoms with Crippen LogP contribution in [0.5, 0.6) is 5.75 Å². The fourth-order valence-corrected chi connectivity index (χ4v) is 2.79. The van der Waals surface area contributed by atoms with Crippen LogP contribution in [-0.4, -0.2) is 23.0 Å². The molecule has 1 amide bonds. The van der Waals surface area contributed by atoms with Gasteiger partial charge in [0, 0.05) is 11.6 Å². The van der Waals surface area contributed by atoms with E-state index in [-0.39, 0.29) is 18.4 Å². The number of aromatic nitrogens is 1. The molecule has 1 fully saturated rings. The van der Waals surface area contributed by atoms with E-state index in [1.54, 1.807) is 31.3 Å². The number of rotatable bonds is 5. The number of halogens is 1. The standard InChI is InChI=1S/C17H16ClN3O2/c1-17(10-19,11-4-5-11)21-15(22)9-23-14-7-6-13(18)12-3-2-8-20-16(12)14/h2-3,6-8,11H,4-5,9H2,1H3,(H,21,22)/t17-/m1/s1. The summed E-state index contributed by atoms with van der Waals surface area (Å²) >= 11 is 6.13. The number of fused-ring (bicyclic) bond motifs is 1. The zero-order chi connectivity index (χ0) is 16.4. The van der Waals surface area contributed by atoms with Gasteiger partial charge in [0.25, 0.3) is 5.91 Å². The molecule has 5 nitrogen and oxygen atoms in total. The molecule has 1 heterocycles. The molecule has 23 heavy (non-hydrogen) atoms. The number of pyridine rings is 1. The molecule has 0 radical (unpaired) electrons. The van der Waals surface area contributed by atoms with Gasteiger partial charge in [-0.1, -0.05) is 11.6 Å². The summed E-state index contributed by atoms with van der Waals surface area (Å²) in [5.41, 5.74) is -0.209. The molecule has 1 atom stereocenters. The van der Waals surface area contributed by atoms with Gasteiger partial charge in [-0.2, -0.15) is 5.26 Å². The molecule has 0 spiro atoms. The minimum atomic E-state index is -0.819. The van der Waals surface area contributed by atoms with Gasteiger partial charge in [-0.05, 0) is 49.9 Å². The first kappa shape index (κ1) is 15.6. The first-order valence-electron chi connectivity index (χ1n) is 7.42. The quantitative estimate of drug-likeness (QED) is 0.914. The first-order chi connectivity index (χ1) is 11.0. The summed E-state index contributed by atoms with van der Waals surface area (Å²) in [4.78, 5) is 16.3. The third-order valence-electron chi connectivity index (χ3n) is 4.06. The van der Waals surface area contributed by atoms with Crippen molar-refractivity contribution in [3.05, 3.63) is 35.5 Å². The predicted octanol–water partition coefficient (Wildman–Crippen LogP) is 3.08. The molecular weight excluding hydrogens is 314 g/mol. The van der Waals surface area contributed by atoms with Crippen molar-refractivity contribution in [3.63, 3.8) is 0 Å². The van der Waals surface area contributed by atoms with Gasteiger partial charge in [-0.3, -0.25) is 9.78 Å². The van der Waals surface area contributed by atoms with E-state index in [4.69, 9.17) is 16.3 Å². The van der Waals surface area contributed by atoms with Gasteiger partial charge in [0.15, 0.2) is 6.61 Å². The highest BCUT2D eigenvalue weighted by Crippen LogP contribution is 2.39. The molecule has 0 unspecified atom stereocenters. The maximum Gasteiger partial charge on any atom is 0.259 e. The Hall–Kier alpha value is -2.32. The van der Waals surface area contributed by atoms with E-state index in [0.717, 1.165) is 18.2 Å². The minimum absolute atomic E-state index is 0.169. The smallest absolute Gasteiger partial charge is 0.259 e. The van der Waals surface area contributed by atoms with Crippen LogP contribution < -0.4 is 10.1 Å². The molecule has 1 aromatic heterocycles. The molecule has 2 aromatic rings. The lowest BCUT2D eigenvalue weighted by Gasteiger charge is -2.22. The highest BCUT2D eigenvalue weighted by Gasteiger charge is 2.43. The largest absolute Gasteiger partial charge is 0.481 e. The summed E-state index contributed by atoms with van der Waals surface area (Å²) in [6, 6.07) is 9.22. The van der Waals surface area contributed by atoms with E-state index >= 15 is 0 Å². The van der Waals surface area contributed by atoms with Gasteiger partial charge in [0.1, 0.15) is 16.8 Å². The average Bonchev–Trinajstić information content (AvgIpc) is 3.40. The zero-order valence-electron chi connectivity index (χ0n) is 12.7. The van der Waals surface area contributed by atoms with Gasteiger partial charge < -0.3 is 10.1 Å². The Morgan fingerprint density at radius 1 is 1.52 bits per heavy atom. The fourth-order valence-electron chi connectivity index (χ4n) is 2.58. The first-order valence-corrected chi connectivity index (χ1v) is 7.79. The molecule has 1 N–H and O–H groups in total. The third kappa shape index (κ3) is 3.22. The van der Waals surface area contributed by atoms with Crippen molar-refractivity contribution in [2.75, 3.05) is 6.61 Å². The van der Waals surface area contributed by atoms with Gasteiger partial charge in [0.2, 0.25) is 0 Å². The highest BCUT2D eigenvalue weighted by molar-refractivity contribution is 6.35. The molecule has 1 aliphatic carbocycles. The molecule has 0 bridgehead atoms. The van der Waals surface area contributed by atoms with Gasteiger partial charge in [-0.15, -0.1) is 0 Å². The van der Waals surface area contributed by atoms with Gasteiger partial charge in [-0.25, -0.2) is 0 Å². The lowest BCUT2D eigenvalue weighted by Crippen LogP contribution is -2.48. The Morgan fingerprint density at radius 2 is 2.30 bits per heavy atom. The number of amides is 1. The van der Waals surface area contributed by atoms with E-state index in [0.29, 0.717) is 16.3 Å². The number of nitrogens with zero attached hydrogens (tertiary/aromatic N) is 2. The van der Waals surface area contributed by atoms with Crippen LogP contribution in [-0.2, 0) is 4.79 Å². The number of hydrogen-bond donors (Lipinski definition) is 1. The molecule has 1 saturated carbocycles. The van der Waals surface area contributed by atoms with Crippen LogP contribution in [0.4, 0.5) is 0 Å². The monoisotopic (exact) mass is 329 g/mol. The number of carbonyl (C=O) groups is 1. The summed E-state index contributed by atoms with van der Waals surface area (Å²) < 4.78 is 5.58. The molecule has 118 valence electrons. The Bertz CT molecular complexity index is 798. The average molecular weight is 330 g/mol. The Balaban J connectivity index is 1.70. The SMILES string of the molecule is C[C@](C#N)(NC(=O)COc1ccc(Cl)c2cccnc12)C1CC1. The second kappa shape index (κ2) is 6.05. The van der Waals surface area contributed by atoms with Gasteiger partial charge >= 0.3 is 0 Å². The predicted molar refractivity (Wildman–Crippen MR) is 87.1 cm³/mol. The van der Waals surface area contributed by atoms with Crippen molar-refractivity contribution < 1.29 is 9.53 Å². The summed E-state index contributed by atoms with van der Waals surface area (Å²) in [5.74, 6) is 0.402. The number of nitrogens with one attached hydrogen (secondary N) is 1. The minimum Gasteiger partial charge on any atom is -0.481 e. The van der Waals surface area contributed by atoms with E-state index < -0.39 is 5.54 Å². The van der Waals surface area contributed by atoms with Crippen molar-refractivity contribution in [3.8, 4) is 11.8 Å². The van der Waals surface area contributed by atoms with Crippen molar-refractivity contribution >= 4 is 28.4 Å². The van der Waals surface area contributed by atoms with Crippen LogP contribution in [0.3, 0.4) is 0 Å². The Morgan fingerprint density at radius 3 is 3.00 bits per heavy atom. The number of ether oxygens (including phenoxy) is 1. The van der Waals surface area contributed by atoms with E-state index in [1.165, 1.54) is 0 Å².